The van der Waals surface area contributed by atoms with Gasteiger partial charge in [0.25, 0.3) is 5.91 Å². The van der Waals surface area contributed by atoms with Crippen LogP contribution in [-0.2, 0) is 11.2 Å². The van der Waals surface area contributed by atoms with Crippen molar-refractivity contribution in [3.8, 4) is 0 Å². The van der Waals surface area contributed by atoms with Crippen LogP contribution in [0, 0.1) is 20.8 Å². The maximum absolute atomic E-state index is 13.0. The molecule has 2 amide bonds. The van der Waals surface area contributed by atoms with E-state index in [-0.39, 0.29) is 11.8 Å². The van der Waals surface area contributed by atoms with Gasteiger partial charge in [0.1, 0.15) is 0 Å². The maximum Gasteiger partial charge on any atom is 0.254 e. The van der Waals surface area contributed by atoms with Crippen molar-refractivity contribution in [1.82, 2.24) is 14.8 Å². The number of carbonyl (C=O) groups excluding carboxylic acids is 2. The van der Waals surface area contributed by atoms with Gasteiger partial charge in [-0.2, -0.15) is 0 Å². The number of nitrogens with zero attached hydrogens (tertiary/aromatic N) is 2. The number of aromatic amines is 1. The molecular weight excluding hydrogens is 326 g/mol. The average Bonchev–Trinajstić information content (AvgIpc) is 2.98. The molecule has 1 fully saturated rings. The van der Waals surface area contributed by atoms with Crippen molar-refractivity contribution < 1.29 is 9.59 Å². The van der Waals surface area contributed by atoms with Crippen LogP contribution in [0.4, 0.5) is 0 Å². The molecule has 5 nitrogen and oxygen atoms in total. The summed E-state index contributed by atoms with van der Waals surface area (Å²) in [4.78, 5) is 32.3. The van der Waals surface area contributed by atoms with E-state index < -0.39 is 0 Å². The summed E-state index contributed by atoms with van der Waals surface area (Å²) < 4.78 is 0. The Bertz CT molecular complexity index is 796. The molecule has 0 unspecified atom stereocenters. The second-order valence-electron chi connectivity index (χ2n) is 7.15. The molecule has 1 aliphatic heterocycles. The number of hydrogen-bond acceptors (Lipinski definition) is 2. The molecule has 1 aromatic heterocycles. The Morgan fingerprint density at radius 1 is 0.962 bits per heavy atom. The van der Waals surface area contributed by atoms with Gasteiger partial charge in [0.2, 0.25) is 5.91 Å². The van der Waals surface area contributed by atoms with Crippen LogP contribution in [0.1, 0.15) is 39.2 Å². The largest absolute Gasteiger partial charge is 0.365 e. The predicted molar refractivity (Wildman–Crippen MR) is 102 cm³/mol. The first-order valence-electron chi connectivity index (χ1n) is 9.23. The summed E-state index contributed by atoms with van der Waals surface area (Å²) >= 11 is 0. The van der Waals surface area contributed by atoms with Crippen LogP contribution < -0.4 is 0 Å². The van der Waals surface area contributed by atoms with Crippen LogP contribution >= 0.6 is 0 Å². The minimum Gasteiger partial charge on any atom is -0.365 e. The number of benzene rings is 1. The third-order valence-electron chi connectivity index (χ3n) is 5.21. The second kappa shape index (κ2) is 7.77. The first kappa shape index (κ1) is 18.2. The molecule has 1 N–H and O–H groups in total. The van der Waals surface area contributed by atoms with Gasteiger partial charge in [0, 0.05) is 43.6 Å². The predicted octanol–water partition coefficient (Wildman–Crippen LogP) is 2.86. The van der Waals surface area contributed by atoms with Crippen molar-refractivity contribution in [2.75, 3.05) is 26.2 Å². The van der Waals surface area contributed by atoms with Crippen molar-refractivity contribution in [3.63, 3.8) is 0 Å². The van der Waals surface area contributed by atoms with Crippen molar-refractivity contribution in [3.05, 3.63) is 58.4 Å². The van der Waals surface area contributed by atoms with Crippen molar-refractivity contribution >= 4 is 11.8 Å². The van der Waals surface area contributed by atoms with Crippen LogP contribution in [0.25, 0.3) is 0 Å². The summed E-state index contributed by atoms with van der Waals surface area (Å²) in [5, 5.41) is 0. The first-order chi connectivity index (χ1) is 12.5. The van der Waals surface area contributed by atoms with E-state index in [4.69, 9.17) is 0 Å². The van der Waals surface area contributed by atoms with Gasteiger partial charge in [-0.3, -0.25) is 9.59 Å². The van der Waals surface area contributed by atoms with Crippen LogP contribution in [0.2, 0.25) is 0 Å². The van der Waals surface area contributed by atoms with E-state index in [9.17, 15) is 9.59 Å². The highest BCUT2D eigenvalue weighted by molar-refractivity contribution is 5.96. The average molecular weight is 353 g/mol. The number of hydrogen-bond donors (Lipinski definition) is 1. The number of aromatic nitrogens is 1. The van der Waals surface area contributed by atoms with Crippen LogP contribution in [0.5, 0.6) is 0 Å². The number of H-pyrrole nitrogens is 1. The summed E-state index contributed by atoms with van der Waals surface area (Å²) in [5.74, 6) is 0.188. The zero-order valence-corrected chi connectivity index (χ0v) is 15.8. The van der Waals surface area contributed by atoms with Gasteiger partial charge in [0.15, 0.2) is 0 Å². The monoisotopic (exact) mass is 353 g/mol. The molecule has 1 aliphatic rings. The number of rotatable bonds is 3. The van der Waals surface area contributed by atoms with Crippen LogP contribution in [-0.4, -0.2) is 52.8 Å². The summed E-state index contributed by atoms with van der Waals surface area (Å²) in [6.07, 6.45) is 3.03. The molecule has 5 heteroatoms. The van der Waals surface area contributed by atoms with Crippen LogP contribution in [0.15, 0.2) is 30.5 Å². The third-order valence-corrected chi connectivity index (χ3v) is 5.21. The van der Waals surface area contributed by atoms with Gasteiger partial charge in [-0.1, -0.05) is 6.07 Å². The summed E-state index contributed by atoms with van der Waals surface area (Å²) in [6, 6.07) is 7.89. The van der Waals surface area contributed by atoms with Crippen LogP contribution in [0.3, 0.4) is 0 Å². The first-order valence-corrected chi connectivity index (χ1v) is 9.23. The van der Waals surface area contributed by atoms with Crippen molar-refractivity contribution in [2.24, 2.45) is 0 Å². The van der Waals surface area contributed by atoms with Crippen molar-refractivity contribution in [1.29, 1.82) is 0 Å². The molecule has 0 saturated carbocycles. The molecule has 26 heavy (non-hydrogen) atoms. The lowest BCUT2D eigenvalue weighted by atomic mass is 10.00. The molecule has 0 bridgehead atoms. The molecule has 0 radical (unpaired) electrons. The van der Waals surface area contributed by atoms with Gasteiger partial charge in [-0.05, 0) is 62.1 Å². The smallest absolute Gasteiger partial charge is 0.254 e. The quantitative estimate of drug-likeness (QED) is 0.922. The minimum absolute atomic E-state index is 0.0734. The van der Waals surface area contributed by atoms with Gasteiger partial charge >= 0.3 is 0 Å². The van der Waals surface area contributed by atoms with E-state index in [1.165, 1.54) is 5.56 Å². The second-order valence-corrected chi connectivity index (χ2v) is 7.15. The van der Waals surface area contributed by atoms with E-state index in [1.54, 1.807) is 0 Å². The summed E-state index contributed by atoms with van der Waals surface area (Å²) in [6.45, 7) is 8.67. The lowest BCUT2D eigenvalue weighted by molar-refractivity contribution is -0.130. The zero-order valence-electron chi connectivity index (χ0n) is 15.8. The van der Waals surface area contributed by atoms with Gasteiger partial charge in [-0.25, -0.2) is 0 Å². The fourth-order valence-corrected chi connectivity index (χ4v) is 3.48. The van der Waals surface area contributed by atoms with Gasteiger partial charge in [-0.15, -0.1) is 0 Å². The molecule has 1 aromatic carbocycles. The Hall–Kier alpha value is -2.56. The Morgan fingerprint density at radius 2 is 1.65 bits per heavy atom. The summed E-state index contributed by atoms with van der Waals surface area (Å²) in [5.41, 5.74) is 5.06. The lowest BCUT2D eigenvalue weighted by Gasteiger charge is -2.23. The zero-order chi connectivity index (χ0) is 18.7. The number of nitrogens with one attached hydrogen (secondary N) is 1. The normalized spacial score (nSPS) is 15.0. The van der Waals surface area contributed by atoms with E-state index in [2.05, 4.69) is 18.0 Å². The minimum atomic E-state index is 0.0734. The standard InChI is InChI=1S/C21H27N3O2/c1-15-12-17(3)19(13-16(15)2)21(26)24-9-5-8-23(10-11-24)20(25)14-18-6-4-7-22-18/h4,6-7,12-13,22H,5,8-11,14H2,1-3H3. The molecule has 138 valence electrons. The highest BCUT2D eigenvalue weighted by Crippen LogP contribution is 2.18. The molecule has 2 aromatic rings. The van der Waals surface area contributed by atoms with E-state index >= 15 is 0 Å². The number of aryl methyl sites for hydroxylation is 3. The highest BCUT2D eigenvalue weighted by atomic mass is 16.2. The maximum atomic E-state index is 13.0. The number of amides is 2. The fourth-order valence-electron chi connectivity index (χ4n) is 3.48. The molecule has 3 rings (SSSR count). The van der Waals surface area contributed by atoms with E-state index in [0.717, 1.165) is 28.8 Å². The number of carbonyl (C=O) groups is 2. The highest BCUT2D eigenvalue weighted by Gasteiger charge is 2.24. The van der Waals surface area contributed by atoms with Gasteiger partial charge in [0.05, 0.1) is 6.42 Å². The van der Waals surface area contributed by atoms with E-state index in [0.29, 0.717) is 32.6 Å². The SMILES string of the molecule is Cc1cc(C)c(C(=O)N2CCCN(C(=O)Cc3ccc[nH]3)CC2)cc1C. The van der Waals surface area contributed by atoms with Gasteiger partial charge < -0.3 is 14.8 Å². The molecule has 2 heterocycles. The Morgan fingerprint density at radius 3 is 2.38 bits per heavy atom. The Balaban J connectivity index is 1.65. The van der Waals surface area contributed by atoms with E-state index in [1.807, 2.05) is 48.0 Å². The molecule has 0 aliphatic carbocycles. The molecular formula is C21H27N3O2. The Labute approximate surface area is 155 Å². The molecule has 1 saturated heterocycles. The lowest BCUT2D eigenvalue weighted by Crippen LogP contribution is -2.38. The fraction of sp³-hybridized carbons (Fsp3) is 0.429. The summed E-state index contributed by atoms with van der Waals surface area (Å²) in [7, 11) is 0. The Kier molecular flexibility index (Phi) is 5.45. The topological polar surface area (TPSA) is 56.4 Å². The molecule has 0 spiro atoms. The molecule has 0 atom stereocenters. The third kappa shape index (κ3) is 3.98. The van der Waals surface area contributed by atoms with Crippen molar-refractivity contribution in [2.45, 2.75) is 33.6 Å².